The average Bonchev–Trinajstić information content (AvgIpc) is 1.89. The first-order valence-electron chi connectivity index (χ1n) is 3.34. The molecule has 0 unspecified atom stereocenters. The zero-order valence-corrected chi connectivity index (χ0v) is 7.37. The minimum Gasteiger partial charge on any atom is -0.370 e. The Bertz CT molecular complexity index is 103. The number of aliphatic imine (C=N–C) groups is 1. The van der Waals surface area contributed by atoms with Crippen molar-refractivity contribution < 1.29 is 0 Å². The summed E-state index contributed by atoms with van der Waals surface area (Å²) in [6.07, 6.45) is 2.05. The molecule has 3 nitrogen and oxygen atoms in total. The van der Waals surface area contributed by atoms with Crippen LogP contribution in [0.2, 0.25) is 0 Å². The zero-order valence-electron chi connectivity index (χ0n) is 6.55. The first-order chi connectivity index (χ1) is 4.81. The maximum atomic E-state index is 5.45. The minimum atomic E-state index is 0.552. The van der Waals surface area contributed by atoms with Crippen LogP contribution in [0.15, 0.2) is 4.99 Å². The highest BCUT2D eigenvalue weighted by atomic mass is 32.2. The molecular weight excluding hydrogens is 146 g/mol. The third-order valence-corrected chi connectivity index (χ3v) is 1.53. The van der Waals surface area contributed by atoms with Gasteiger partial charge in [0.15, 0.2) is 5.96 Å². The summed E-state index contributed by atoms with van der Waals surface area (Å²) < 4.78 is 0. The first-order valence-corrected chi connectivity index (χ1v) is 4.73. The van der Waals surface area contributed by atoms with Crippen molar-refractivity contribution in [1.82, 2.24) is 5.32 Å². The molecular formula is C6H15N3S. The highest BCUT2D eigenvalue weighted by molar-refractivity contribution is 7.98. The molecule has 0 saturated heterocycles. The van der Waals surface area contributed by atoms with Crippen molar-refractivity contribution in [3.63, 3.8) is 0 Å². The molecule has 0 heterocycles. The lowest BCUT2D eigenvalue weighted by molar-refractivity contribution is 0.937. The Morgan fingerprint density at radius 2 is 2.40 bits per heavy atom. The fourth-order valence-corrected chi connectivity index (χ4v) is 0.768. The van der Waals surface area contributed by atoms with Crippen molar-refractivity contribution in [2.45, 2.75) is 6.92 Å². The summed E-state index contributed by atoms with van der Waals surface area (Å²) in [4.78, 5) is 4.07. The van der Waals surface area contributed by atoms with Crippen LogP contribution >= 0.6 is 11.8 Å². The molecule has 0 fully saturated rings. The van der Waals surface area contributed by atoms with Gasteiger partial charge in [-0.2, -0.15) is 11.8 Å². The average molecular weight is 161 g/mol. The molecule has 0 aliphatic carbocycles. The number of thioether (sulfide) groups is 1. The molecule has 0 radical (unpaired) electrons. The predicted octanol–water partition coefficient (Wildman–Crippen LogP) is 0.274. The standard InChI is InChI=1S/C6H15N3S/c1-3-8-6(7)9-4-5-10-2/h3-5H2,1-2H3,(H3,7,8,9). The summed E-state index contributed by atoms with van der Waals surface area (Å²) in [6, 6.07) is 0. The molecule has 0 aromatic carbocycles. The Morgan fingerprint density at radius 1 is 1.70 bits per heavy atom. The summed E-state index contributed by atoms with van der Waals surface area (Å²) in [5.41, 5.74) is 5.45. The van der Waals surface area contributed by atoms with E-state index < -0.39 is 0 Å². The van der Waals surface area contributed by atoms with E-state index in [-0.39, 0.29) is 0 Å². The van der Waals surface area contributed by atoms with Crippen molar-refractivity contribution >= 4 is 17.7 Å². The van der Waals surface area contributed by atoms with Crippen molar-refractivity contribution in [1.29, 1.82) is 0 Å². The first kappa shape index (κ1) is 9.62. The Labute approximate surface area is 66.5 Å². The second kappa shape index (κ2) is 6.74. The zero-order chi connectivity index (χ0) is 7.82. The van der Waals surface area contributed by atoms with Crippen LogP contribution in [0.3, 0.4) is 0 Å². The van der Waals surface area contributed by atoms with Crippen LogP contribution in [0, 0.1) is 0 Å². The molecule has 0 saturated carbocycles. The molecule has 0 rings (SSSR count). The fourth-order valence-electron chi connectivity index (χ4n) is 0.494. The van der Waals surface area contributed by atoms with Gasteiger partial charge in [-0.3, -0.25) is 4.99 Å². The Kier molecular flexibility index (Phi) is 6.48. The van der Waals surface area contributed by atoms with E-state index in [1.54, 1.807) is 11.8 Å². The summed E-state index contributed by atoms with van der Waals surface area (Å²) in [7, 11) is 0. The summed E-state index contributed by atoms with van der Waals surface area (Å²) >= 11 is 1.77. The van der Waals surface area contributed by atoms with E-state index >= 15 is 0 Å². The summed E-state index contributed by atoms with van der Waals surface area (Å²) in [5, 5.41) is 2.92. The number of nitrogens with two attached hydrogens (primary N) is 1. The summed E-state index contributed by atoms with van der Waals surface area (Å²) in [5.74, 6) is 1.59. The van der Waals surface area contributed by atoms with Gasteiger partial charge in [-0.25, -0.2) is 0 Å². The number of nitrogens with one attached hydrogen (secondary N) is 1. The number of guanidine groups is 1. The predicted molar refractivity (Wildman–Crippen MR) is 48.5 cm³/mol. The number of rotatable bonds is 4. The highest BCUT2D eigenvalue weighted by Gasteiger charge is 1.85. The monoisotopic (exact) mass is 161 g/mol. The molecule has 0 bridgehead atoms. The molecule has 0 atom stereocenters. The Balaban J connectivity index is 3.28. The topological polar surface area (TPSA) is 50.4 Å². The van der Waals surface area contributed by atoms with Crippen LogP contribution in [0.5, 0.6) is 0 Å². The third-order valence-electron chi connectivity index (χ3n) is 0.935. The molecule has 0 spiro atoms. The van der Waals surface area contributed by atoms with Crippen LogP contribution in [0.1, 0.15) is 6.92 Å². The van der Waals surface area contributed by atoms with Gasteiger partial charge in [0.05, 0.1) is 6.54 Å². The Hall–Kier alpha value is -0.380. The lowest BCUT2D eigenvalue weighted by Gasteiger charge is -1.99. The van der Waals surface area contributed by atoms with Crippen molar-refractivity contribution in [2.75, 3.05) is 25.1 Å². The highest BCUT2D eigenvalue weighted by Crippen LogP contribution is 1.88. The molecule has 10 heavy (non-hydrogen) atoms. The summed E-state index contributed by atoms with van der Waals surface area (Å²) in [6.45, 7) is 3.64. The van der Waals surface area contributed by atoms with Crippen LogP contribution in [-0.2, 0) is 0 Å². The van der Waals surface area contributed by atoms with Gasteiger partial charge in [-0.05, 0) is 13.2 Å². The maximum Gasteiger partial charge on any atom is 0.188 e. The van der Waals surface area contributed by atoms with Gasteiger partial charge in [0, 0.05) is 12.3 Å². The minimum absolute atomic E-state index is 0.552. The molecule has 0 aromatic heterocycles. The van der Waals surface area contributed by atoms with E-state index in [2.05, 4.69) is 16.6 Å². The molecule has 4 heteroatoms. The van der Waals surface area contributed by atoms with E-state index in [0.29, 0.717) is 5.96 Å². The van der Waals surface area contributed by atoms with Crippen molar-refractivity contribution in [3.05, 3.63) is 0 Å². The van der Waals surface area contributed by atoms with Gasteiger partial charge < -0.3 is 11.1 Å². The lowest BCUT2D eigenvalue weighted by atomic mass is 10.7. The van der Waals surface area contributed by atoms with E-state index in [4.69, 9.17) is 5.73 Å². The number of nitrogens with zero attached hydrogens (tertiary/aromatic N) is 1. The van der Waals surface area contributed by atoms with Crippen molar-refractivity contribution in [2.24, 2.45) is 10.7 Å². The van der Waals surface area contributed by atoms with Crippen molar-refractivity contribution in [3.8, 4) is 0 Å². The van der Waals surface area contributed by atoms with Gasteiger partial charge in [-0.15, -0.1) is 0 Å². The fraction of sp³-hybridized carbons (Fsp3) is 0.833. The second-order valence-electron chi connectivity index (χ2n) is 1.79. The van der Waals surface area contributed by atoms with E-state index in [0.717, 1.165) is 18.8 Å². The second-order valence-corrected chi connectivity index (χ2v) is 2.78. The van der Waals surface area contributed by atoms with E-state index in [9.17, 15) is 0 Å². The molecule has 3 N–H and O–H groups in total. The number of hydrogen-bond donors (Lipinski definition) is 2. The largest absolute Gasteiger partial charge is 0.370 e. The lowest BCUT2D eigenvalue weighted by Crippen LogP contribution is -2.31. The van der Waals surface area contributed by atoms with Gasteiger partial charge >= 0.3 is 0 Å². The molecule has 0 aromatic rings. The normalized spacial score (nSPS) is 11.6. The molecule has 0 amide bonds. The maximum absolute atomic E-state index is 5.45. The third kappa shape index (κ3) is 5.75. The van der Waals surface area contributed by atoms with Gasteiger partial charge in [-0.1, -0.05) is 0 Å². The molecule has 0 aliphatic rings. The van der Waals surface area contributed by atoms with Crippen LogP contribution in [0.25, 0.3) is 0 Å². The number of hydrogen-bond acceptors (Lipinski definition) is 2. The van der Waals surface area contributed by atoms with Gasteiger partial charge in [0.25, 0.3) is 0 Å². The van der Waals surface area contributed by atoms with E-state index in [1.165, 1.54) is 0 Å². The van der Waals surface area contributed by atoms with Crippen LogP contribution in [0.4, 0.5) is 0 Å². The van der Waals surface area contributed by atoms with Gasteiger partial charge in [0.2, 0.25) is 0 Å². The van der Waals surface area contributed by atoms with Gasteiger partial charge in [0.1, 0.15) is 0 Å². The molecule has 0 aliphatic heterocycles. The van der Waals surface area contributed by atoms with Crippen LogP contribution in [-0.4, -0.2) is 31.1 Å². The molecule has 60 valence electrons. The van der Waals surface area contributed by atoms with E-state index in [1.807, 2.05) is 6.92 Å². The SMILES string of the molecule is CCNC(N)=NCCSC. The van der Waals surface area contributed by atoms with Crippen LogP contribution < -0.4 is 11.1 Å². The smallest absolute Gasteiger partial charge is 0.188 e. The Morgan fingerprint density at radius 3 is 2.90 bits per heavy atom. The quantitative estimate of drug-likeness (QED) is 0.353.